The molecular weight excluding hydrogens is 188 g/mol. The van der Waals surface area contributed by atoms with Crippen LogP contribution in [-0.2, 0) is 0 Å². The molecule has 1 rings (SSSR count). The third-order valence-corrected chi connectivity index (χ3v) is 2.14. The highest BCUT2D eigenvalue weighted by atomic mass is 16.3. The van der Waals surface area contributed by atoms with E-state index in [4.69, 9.17) is 0 Å². The Morgan fingerprint density at radius 1 is 1.40 bits per heavy atom. The Hall–Kier alpha value is -0.930. The number of aliphatic hydroxyl groups excluding tert-OH is 1. The normalized spacial score (nSPS) is 13.9. The lowest BCUT2D eigenvalue weighted by atomic mass is 10.1. The van der Waals surface area contributed by atoms with Crippen LogP contribution in [0.2, 0.25) is 0 Å². The highest BCUT2D eigenvalue weighted by Crippen LogP contribution is 2.12. The van der Waals surface area contributed by atoms with Gasteiger partial charge in [-0.3, -0.25) is 4.98 Å². The van der Waals surface area contributed by atoms with E-state index in [2.05, 4.69) is 31.1 Å². The molecule has 1 aromatic heterocycles. The van der Waals surface area contributed by atoms with Gasteiger partial charge in [-0.25, -0.2) is 0 Å². The molecule has 0 radical (unpaired) electrons. The lowest BCUT2D eigenvalue weighted by Crippen LogP contribution is -2.38. The van der Waals surface area contributed by atoms with Crippen LogP contribution in [0.5, 0.6) is 0 Å². The zero-order valence-electron chi connectivity index (χ0n) is 9.91. The molecule has 0 saturated heterocycles. The molecule has 0 saturated carbocycles. The van der Waals surface area contributed by atoms with E-state index in [1.807, 2.05) is 19.1 Å². The summed E-state index contributed by atoms with van der Waals surface area (Å²) in [6.45, 7) is 8.71. The number of aromatic nitrogens is 1. The maximum atomic E-state index is 9.87. The average Bonchev–Trinajstić information content (AvgIpc) is 2.14. The second-order valence-electron chi connectivity index (χ2n) is 4.88. The molecule has 0 amide bonds. The number of pyridine rings is 1. The van der Waals surface area contributed by atoms with E-state index in [9.17, 15) is 5.11 Å². The number of nitrogens with zero attached hydrogens (tertiary/aromatic N) is 1. The van der Waals surface area contributed by atoms with E-state index in [1.165, 1.54) is 0 Å². The summed E-state index contributed by atoms with van der Waals surface area (Å²) in [6.07, 6.45) is 1.24. The standard InChI is InChI=1S/C12H20N2O/c1-9-5-6-10(7-13-9)11(15)8-14-12(2,3)4/h5-7,11,14-15H,8H2,1-4H3/t11-/m0/s1. The van der Waals surface area contributed by atoms with Gasteiger partial charge < -0.3 is 10.4 Å². The molecule has 3 heteroatoms. The van der Waals surface area contributed by atoms with Crippen LogP contribution in [0.4, 0.5) is 0 Å². The molecule has 0 aliphatic heterocycles. The Bertz CT molecular complexity index is 300. The minimum atomic E-state index is -0.489. The minimum absolute atomic E-state index is 0.0269. The average molecular weight is 208 g/mol. The molecular formula is C12H20N2O. The number of aryl methyl sites for hydroxylation is 1. The van der Waals surface area contributed by atoms with Crippen molar-refractivity contribution in [1.29, 1.82) is 0 Å². The van der Waals surface area contributed by atoms with Crippen LogP contribution >= 0.6 is 0 Å². The van der Waals surface area contributed by atoms with E-state index >= 15 is 0 Å². The fourth-order valence-corrected chi connectivity index (χ4v) is 1.20. The minimum Gasteiger partial charge on any atom is -0.387 e. The summed E-state index contributed by atoms with van der Waals surface area (Å²) in [5.74, 6) is 0. The van der Waals surface area contributed by atoms with Gasteiger partial charge in [-0.1, -0.05) is 6.07 Å². The van der Waals surface area contributed by atoms with Gasteiger partial charge in [0.25, 0.3) is 0 Å². The van der Waals surface area contributed by atoms with Gasteiger partial charge in [-0.15, -0.1) is 0 Å². The van der Waals surface area contributed by atoms with Crippen LogP contribution in [0.15, 0.2) is 18.3 Å². The largest absolute Gasteiger partial charge is 0.387 e. The lowest BCUT2D eigenvalue weighted by Gasteiger charge is -2.22. The number of nitrogens with one attached hydrogen (secondary N) is 1. The first-order valence-corrected chi connectivity index (χ1v) is 5.24. The van der Waals surface area contributed by atoms with E-state index in [0.717, 1.165) is 11.3 Å². The smallest absolute Gasteiger partial charge is 0.0929 e. The molecule has 3 nitrogen and oxygen atoms in total. The zero-order chi connectivity index (χ0) is 11.5. The first-order chi connectivity index (χ1) is 6.88. The summed E-state index contributed by atoms with van der Waals surface area (Å²) in [5, 5.41) is 13.1. The van der Waals surface area contributed by atoms with Gasteiger partial charge >= 0.3 is 0 Å². The molecule has 0 fully saturated rings. The van der Waals surface area contributed by atoms with Gasteiger partial charge in [0.15, 0.2) is 0 Å². The summed E-state index contributed by atoms with van der Waals surface area (Å²) in [4.78, 5) is 4.16. The molecule has 2 N–H and O–H groups in total. The van der Waals surface area contributed by atoms with E-state index < -0.39 is 6.10 Å². The number of hydrogen-bond donors (Lipinski definition) is 2. The van der Waals surface area contributed by atoms with Crippen molar-refractivity contribution in [3.8, 4) is 0 Å². The first-order valence-electron chi connectivity index (χ1n) is 5.24. The van der Waals surface area contributed by atoms with E-state index in [0.29, 0.717) is 6.54 Å². The molecule has 0 aliphatic rings. The molecule has 1 heterocycles. The highest BCUT2D eigenvalue weighted by molar-refractivity contribution is 5.15. The fourth-order valence-electron chi connectivity index (χ4n) is 1.20. The predicted molar refractivity (Wildman–Crippen MR) is 61.7 cm³/mol. The van der Waals surface area contributed by atoms with Crippen molar-refractivity contribution in [2.24, 2.45) is 0 Å². The number of β-amino-alcohol motifs (C(OH)–C–C–N with tert-alkyl or cyclic N) is 1. The van der Waals surface area contributed by atoms with E-state index in [1.54, 1.807) is 6.20 Å². The Morgan fingerprint density at radius 2 is 2.07 bits per heavy atom. The highest BCUT2D eigenvalue weighted by Gasteiger charge is 2.13. The molecule has 0 aliphatic carbocycles. The van der Waals surface area contributed by atoms with Crippen molar-refractivity contribution < 1.29 is 5.11 Å². The summed E-state index contributed by atoms with van der Waals surface area (Å²) < 4.78 is 0. The number of rotatable bonds is 3. The quantitative estimate of drug-likeness (QED) is 0.796. The van der Waals surface area contributed by atoms with Crippen LogP contribution in [0, 0.1) is 6.92 Å². The van der Waals surface area contributed by atoms with Crippen molar-refractivity contribution in [3.05, 3.63) is 29.6 Å². The van der Waals surface area contributed by atoms with Gasteiger partial charge in [0.1, 0.15) is 0 Å². The summed E-state index contributed by atoms with van der Waals surface area (Å²) in [5.41, 5.74) is 1.85. The van der Waals surface area contributed by atoms with Crippen molar-refractivity contribution in [1.82, 2.24) is 10.3 Å². The first kappa shape index (κ1) is 12.1. The fraction of sp³-hybridized carbons (Fsp3) is 0.583. The molecule has 15 heavy (non-hydrogen) atoms. The van der Waals surface area contributed by atoms with Gasteiger partial charge in [-0.05, 0) is 33.8 Å². The molecule has 84 valence electrons. The molecule has 0 unspecified atom stereocenters. The maximum Gasteiger partial charge on any atom is 0.0929 e. The molecule has 0 bridgehead atoms. The van der Waals surface area contributed by atoms with Crippen LogP contribution in [-0.4, -0.2) is 22.2 Å². The SMILES string of the molecule is Cc1ccc([C@@H](O)CNC(C)(C)C)cn1. The third-order valence-electron chi connectivity index (χ3n) is 2.14. The Balaban J connectivity index is 2.54. The molecule has 0 aromatic carbocycles. The molecule has 1 atom stereocenters. The van der Waals surface area contributed by atoms with Crippen molar-refractivity contribution in [2.75, 3.05) is 6.54 Å². The Labute approximate surface area is 91.5 Å². The number of aliphatic hydroxyl groups is 1. The van der Waals surface area contributed by atoms with Gasteiger partial charge in [0, 0.05) is 29.5 Å². The van der Waals surface area contributed by atoms with Crippen LogP contribution in [0.25, 0.3) is 0 Å². The van der Waals surface area contributed by atoms with Gasteiger partial charge in [-0.2, -0.15) is 0 Å². The van der Waals surface area contributed by atoms with Gasteiger partial charge in [0.2, 0.25) is 0 Å². The zero-order valence-corrected chi connectivity index (χ0v) is 9.91. The van der Waals surface area contributed by atoms with Crippen LogP contribution in [0.1, 0.15) is 38.1 Å². The second kappa shape index (κ2) is 4.73. The van der Waals surface area contributed by atoms with Gasteiger partial charge in [0.05, 0.1) is 6.10 Å². The number of hydrogen-bond acceptors (Lipinski definition) is 3. The Morgan fingerprint density at radius 3 is 2.53 bits per heavy atom. The van der Waals surface area contributed by atoms with Crippen molar-refractivity contribution >= 4 is 0 Å². The monoisotopic (exact) mass is 208 g/mol. The Kier molecular flexibility index (Phi) is 3.83. The van der Waals surface area contributed by atoms with Crippen LogP contribution < -0.4 is 5.32 Å². The van der Waals surface area contributed by atoms with E-state index in [-0.39, 0.29) is 5.54 Å². The predicted octanol–water partition coefficient (Wildman–Crippen LogP) is 1.81. The molecule has 1 aromatic rings. The van der Waals surface area contributed by atoms with Crippen LogP contribution in [0.3, 0.4) is 0 Å². The lowest BCUT2D eigenvalue weighted by molar-refractivity contribution is 0.163. The second-order valence-corrected chi connectivity index (χ2v) is 4.88. The topological polar surface area (TPSA) is 45.1 Å². The summed E-state index contributed by atoms with van der Waals surface area (Å²) in [6, 6.07) is 3.83. The third kappa shape index (κ3) is 4.40. The maximum absolute atomic E-state index is 9.87. The summed E-state index contributed by atoms with van der Waals surface area (Å²) in [7, 11) is 0. The molecule has 0 spiro atoms. The summed E-state index contributed by atoms with van der Waals surface area (Å²) >= 11 is 0. The van der Waals surface area contributed by atoms with Crippen molar-refractivity contribution in [2.45, 2.75) is 39.3 Å². The van der Waals surface area contributed by atoms with Crippen molar-refractivity contribution in [3.63, 3.8) is 0 Å².